The van der Waals surface area contributed by atoms with Crippen LogP contribution in [0.5, 0.6) is 0 Å². The Labute approximate surface area is 165 Å². The molecule has 6 heteroatoms. The van der Waals surface area contributed by atoms with Crippen LogP contribution in [-0.4, -0.2) is 35.9 Å². The molecule has 26 heavy (non-hydrogen) atoms. The second kappa shape index (κ2) is 10.1. The van der Waals surface area contributed by atoms with E-state index in [1.165, 1.54) is 6.42 Å². The second-order valence-electron chi connectivity index (χ2n) is 6.74. The van der Waals surface area contributed by atoms with E-state index in [9.17, 15) is 0 Å². The van der Waals surface area contributed by atoms with Gasteiger partial charge in [-0.25, -0.2) is 0 Å². The SMILES string of the molecule is CCC.CCCC1(OC)CCN(c2nc(-c3ccc(Br)cc3)no2)CC1. The zero-order valence-electron chi connectivity index (χ0n) is 16.3. The van der Waals surface area contributed by atoms with E-state index in [1.54, 1.807) is 0 Å². The number of methoxy groups -OCH3 is 1. The monoisotopic (exact) mass is 423 g/mol. The Bertz CT molecular complexity index is 649. The fraction of sp³-hybridized carbons (Fsp3) is 0.600. The Balaban J connectivity index is 0.000000758. The van der Waals surface area contributed by atoms with Crippen molar-refractivity contribution in [3.63, 3.8) is 0 Å². The van der Waals surface area contributed by atoms with Crippen LogP contribution in [0.3, 0.4) is 0 Å². The maximum absolute atomic E-state index is 5.79. The Hall–Kier alpha value is -1.40. The van der Waals surface area contributed by atoms with Crippen molar-refractivity contribution in [1.82, 2.24) is 10.1 Å². The number of piperidine rings is 1. The van der Waals surface area contributed by atoms with Crippen molar-refractivity contribution < 1.29 is 9.26 Å². The zero-order chi connectivity index (χ0) is 19.0. The zero-order valence-corrected chi connectivity index (χ0v) is 17.9. The smallest absolute Gasteiger partial charge is 0.324 e. The average Bonchev–Trinajstić information content (AvgIpc) is 3.14. The van der Waals surface area contributed by atoms with E-state index in [4.69, 9.17) is 9.26 Å². The number of hydrogen-bond acceptors (Lipinski definition) is 5. The lowest BCUT2D eigenvalue weighted by atomic mass is 9.87. The molecule has 1 aliphatic heterocycles. The number of benzene rings is 1. The number of halogens is 1. The molecular weight excluding hydrogens is 394 g/mol. The highest BCUT2D eigenvalue weighted by atomic mass is 79.9. The molecule has 1 fully saturated rings. The van der Waals surface area contributed by atoms with Crippen molar-refractivity contribution in [2.45, 2.75) is 58.5 Å². The van der Waals surface area contributed by atoms with Crippen molar-refractivity contribution in [2.24, 2.45) is 0 Å². The Morgan fingerprint density at radius 3 is 2.31 bits per heavy atom. The molecule has 0 radical (unpaired) electrons. The summed E-state index contributed by atoms with van der Waals surface area (Å²) >= 11 is 3.43. The predicted molar refractivity (Wildman–Crippen MR) is 109 cm³/mol. The lowest BCUT2D eigenvalue weighted by molar-refractivity contribution is -0.0370. The quantitative estimate of drug-likeness (QED) is 0.616. The van der Waals surface area contributed by atoms with Gasteiger partial charge in [0.1, 0.15) is 0 Å². The van der Waals surface area contributed by atoms with Gasteiger partial charge < -0.3 is 14.2 Å². The van der Waals surface area contributed by atoms with E-state index < -0.39 is 0 Å². The number of rotatable bonds is 5. The fourth-order valence-corrected chi connectivity index (χ4v) is 3.44. The molecule has 0 unspecified atom stereocenters. The number of nitrogens with zero attached hydrogens (tertiary/aromatic N) is 3. The van der Waals surface area contributed by atoms with Crippen LogP contribution in [0.2, 0.25) is 0 Å². The Morgan fingerprint density at radius 1 is 1.15 bits per heavy atom. The van der Waals surface area contributed by atoms with E-state index in [0.717, 1.165) is 48.8 Å². The molecule has 0 aliphatic carbocycles. The topological polar surface area (TPSA) is 51.4 Å². The number of hydrogen-bond donors (Lipinski definition) is 0. The van der Waals surface area contributed by atoms with Gasteiger partial charge in [-0.1, -0.05) is 54.7 Å². The molecule has 0 spiro atoms. The summed E-state index contributed by atoms with van der Waals surface area (Å²) in [7, 11) is 1.82. The molecule has 1 aliphatic rings. The summed E-state index contributed by atoms with van der Waals surface area (Å²) in [5, 5.41) is 4.11. The van der Waals surface area contributed by atoms with E-state index >= 15 is 0 Å². The summed E-state index contributed by atoms with van der Waals surface area (Å²) in [6, 6.07) is 8.51. The molecule has 0 atom stereocenters. The number of ether oxygens (including phenoxy) is 1. The molecule has 2 aromatic rings. The van der Waals surface area contributed by atoms with Crippen LogP contribution >= 0.6 is 15.9 Å². The lowest BCUT2D eigenvalue weighted by Gasteiger charge is -2.40. The minimum absolute atomic E-state index is 0.0137. The fourth-order valence-electron chi connectivity index (χ4n) is 3.18. The Morgan fingerprint density at radius 2 is 1.77 bits per heavy atom. The average molecular weight is 424 g/mol. The summed E-state index contributed by atoms with van der Waals surface area (Å²) in [5.41, 5.74) is 0.970. The molecule has 1 saturated heterocycles. The third-order valence-corrected chi connectivity index (χ3v) is 5.13. The first-order chi connectivity index (χ1) is 12.6. The summed E-state index contributed by atoms with van der Waals surface area (Å²) in [6.07, 6.45) is 5.48. The molecule has 1 aromatic carbocycles. The first kappa shape index (κ1) is 20.9. The summed E-state index contributed by atoms with van der Waals surface area (Å²) in [5.74, 6) is 0.629. The van der Waals surface area contributed by atoms with Gasteiger partial charge >= 0.3 is 6.01 Å². The van der Waals surface area contributed by atoms with Crippen LogP contribution in [-0.2, 0) is 4.74 Å². The minimum atomic E-state index is 0.0137. The van der Waals surface area contributed by atoms with Gasteiger partial charge in [0.2, 0.25) is 5.82 Å². The summed E-state index contributed by atoms with van der Waals surface area (Å²) in [6.45, 7) is 8.22. The van der Waals surface area contributed by atoms with Gasteiger partial charge in [0.25, 0.3) is 0 Å². The van der Waals surface area contributed by atoms with Crippen LogP contribution in [0, 0.1) is 0 Å². The molecule has 0 saturated carbocycles. The molecule has 0 bridgehead atoms. The third-order valence-electron chi connectivity index (χ3n) is 4.60. The molecule has 144 valence electrons. The van der Waals surface area contributed by atoms with Gasteiger partial charge in [-0.15, -0.1) is 0 Å². The highest BCUT2D eigenvalue weighted by molar-refractivity contribution is 9.10. The van der Waals surface area contributed by atoms with E-state index in [0.29, 0.717) is 11.8 Å². The first-order valence-electron chi connectivity index (χ1n) is 9.47. The summed E-state index contributed by atoms with van der Waals surface area (Å²) < 4.78 is 12.3. The van der Waals surface area contributed by atoms with Crippen LogP contribution in [0.15, 0.2) is 33.3 Å². The molecular formula is C20H30BrN3O2. The van der Waals surface area contributed by atoms with Gasteiger partial charge in [-0.3, -0.25) is 0 Å². The highest BCUT2D eigenvalue weighted by Gasteiger charge is 2.35. The van der Waals surface area contributed by atoms with Crippen LogP contribution < -0.4 is 4.90 Å². The first-order valence-corrected chi connectivity index (χ1v) is 10.3. The van der Waals surface area contributed by atoms with Crippen molar-refractivity contribution in [2.75, 3.05) is 25.1 Å². The number of anilines is 1. The molecule has 3 rings (SSSR count). The minimum Gasteiger partial charge on any atom is -0.378 e. The Kier molecular flexibility index (Phi) is 8.10. The molecule has 0 amide bonds. The molecule has 0 N–H and O–H groups in total. The maximum Gasteiger partial charge on any atom is 0.324 e. The molecule has 1 aromatic heterocycles. The van der Waals surface area contributed by atoms with Gasteiger partial charge in [-0.2, -0.15) is 4.98 Å². The largest absolute Gasteiger partial charge is 0.378 e. The predicted octanol–water partition coefficient (Wildman–Crippen LogP) is 5.70. The number of aromatic nitrogens is 2. The van der Waals surface area contributed by atoms with Gasteiger partial charge in [-0.05, 0) is 43.5 Å². The molecule has 2 heterocycles. The van der Waals surface area contributed by atoms with Gasteiger partial charge in [0.15, 0.2) is 0 Å². The molecule has 5 nitrogen and oxygen atoms in total. The summed E-state index contributed by atoms with van der Waals surface area (Å²) in [4.78, 5) is 6.70. The van der Waals surface area contributed by atoms with Crippen molar-refractivity contribution in [3.05, 3.63) is 28.7 Å². The van der Waals surface area contributed by atoms with Crippen molar-refractivity contribution >= 4 is 21.9 Å². The maximum atomic E-state index is 5.79. The standard InChI is InChI=1S/C17H22BrN3O2.C3H8/c1-3-8-17(22-2)9-11-21(12-10-17)16-19-15(20-23-16)13-4-6-14(18)7-5-13;1-3-2/h4-7H,3,8-12H2,1-2H3;3H2,1-2H3. The van der Waals surface area contributed by atoms with E-state index in [-0.39, 0.29) is 5.60 Å². The van der Waals surface area contributed by atoms with E-state index in [1.807, 2.05) is 31.4 Å². The van der Waals surface area contributed by atoms with E-state index in [2.05, 4.69) is 51.7 Å². The third kappa shape index (κ3) is 5.30. The second-order valence-corrected chi connectivity index (χ2v) is 7.65. The van der Waals surface area contributed by atoms with Crippen LogP contribution in [0.25, 0.3) is 11.4 Å². The van der Waals surface area contributed by atoms with Gasteiger partial charge in [0.05, 0.1) is 5.60 Å². The van der Waals surface area contributed by atoms with Crippen molar-refractivity contribution in [1.29, 1.82) is 0 Å². The lowest BCUT2D eigenvalue weighted by Crippen LogP contribution is -2.45. The van der Waals surface area contributed by atoms with Crippen LogP contribution in [0.4, 0.5) is 6.01 Å². The van der Waals surface area contributed by atoms with Gasteiger partial charge in [0, 0.05) is 30.2 Å². The van der Waals surface area contributed by atoms with Crippen molar-refractivity contribution in [3.8, 4) is 11.4 Å². The van der Waals surface area contributed by atoms with Crippen LogP contribution in [0.1, 0.15) is 52.9 Å². The highest BCUT2D eigenvalue weighted by Crippen LogP contribution is 2.32. The normalized spacial score (nSPS) is 16.1.